The van der Waals surface area contributed by atoms with Crippen LogP contribution in [0.4, 0.5) is 0 Å². The Balaban J connectivity index is 0.000000529. The van der Waals surface area contributed by atoms with Crippen molar-refractivity contribution in [2.24, 2.45) is 0 Å². The SMILES string of the molecule is CC(C)Oc1cccc(OC(C)C)c1-c1ccccc1P(C1CCCCC1)C1CCCCC1.[CH-]=[C-][CH-]c1ccccc1.[Cl-].[Pd]. The first-order chi connectivity index (χ1) is 20.5. The van der Waals surface area contributed by atoms with E-state index in [1.54, 1.807) is 11.7 Å². The number of rotatable bonds is 10. The Morgan fingerprint density at radius 3 is 1.64 bits per heavy atom. The van der Waals surface area contributed by atoms with Crippen molar-refractivity contribution in [2.45, 2.75) is 115 Å². The Kier molecular flexibility index (Phi) is 17.8. The van der Waals surface area contributed by atoms with Crippen molar-refractivity contribution in [1.82, 2.24) is 0 Å². The molecule has 0 radical (unpaired) electrons. The van der Waals surface area contributed by atoms with Gasteiger partial charge in [0.15, 0.2) is 0 Å². The molecule has 0 aromatic heterocycles. The van der Waals surface area contributed by atoms with Crippen molar-refractivity contribution in [1.29, 1.82) is 0 Å². The summed E-state index contributed by atoms with van der Waals surface area (Å²) in [5.74, 6) is 1.91. The van der Waals surface area contributed by atoms with Gasteiger partial charge in [-0.2, -0.15) is 12.1 Å². The van der Waals surface area contributed by atoms with Crippen molar-refractivity contribution >= 4 is 13.2 Å². The van der Waals surface area contributed by atoms with E-state index < -0.39 is 0 Å². The Labute approximate surface area is 289 Å². The van der Waals surface area contributed by atoms with Crippen LogP contribution in [-0.4, -0.2) is 23.5 Å². The minimum atomic E-state index is -0.213. The second-order valence-electron chi connectivity index (χ2n) is 12.2. The first-order valence-corrected chi connectivity index (χ1v) is 17.6. The smallest absolute Gasteiger partial charge is 0.131 e. The fourth-order valence-electron chi connectivity index (χ4n) is 6.45. The van der Waals surface area contributed by atoms with Gasteiger partial charge in [0.05, 0.1) is 17.8 Å². The summed E-state index contributed by atoms with van der Waals surface area (Å²) in [5.41, 5.74) is 5.33. The van der Waals surface area contributed by atoms with Crippen LogP contribution in [0.25, 0.3) is 11.1 Å². The fourth-order valence-corrected chi connectivity index (χ4v) is 10.4. The average molecular weight is 724 g/mol. The van der Waals surface area contributed by atoms with Crippen molar-refractivity contribution < 1.29 is 42.3 Å². The first kappa shape index (κ1) is 38.4. The molecule has 0 unspecified atom stereocenters. The number of ether oxygens (including phenoxy) is 2. The van der Waals surface area contributed by atoms with Gasteiger partial charge >= 0.3 is 0 Å². The van der Waals surface area contributed by atoms with Crippen LogP contribution in [0.2, 0.25) is 0 Å². The predicted molar refractivity (Wildman–Crippen MR) is 181 cm³/mol. The van der Waals surface area contributed by atoms with Crippen LogP contribution < -0.4 is 27.2 Å². The molecule has 0 saturated heterocycles. The van der Waals surface area contributed by atoms with E-state index in [0.29, 0.717) is 0 Å². The molecule has 2 nitrogen and oxygen atoms in total. The molecule has 2 aliphatic carbocycles. The molecule has 2 aliphatic rings. The van der Waals surface area contributed by atoms with Crippen LogP contribution in [-0.2, 0) is 20.4 Å². The summed E-state index contributed by atoms with van der Waals surface area (Å²) >= 11 is 0. The maximum Gasteiger partial charge on any atom is 0.131 e. The molecule has 0 bridgehead atoms. The zero-order valence-corrected chi connectivity index (χ0v) is 30.1. The van der Waals surface area contributed by atoms with Crippen molar-refractivity contribution in [2.75, 3.05) is 0 Å². The molecule has 0 atom stereocenters. The van der Waals surface area contributed by atoms with Gasteiger partial charge in [-0.1, -0.05) is 95.0 Å². The van der Waals surface area contributed by atoms with Crippen molar-refractivity contribution in [3.05, 3.63) is 97.4 Å². The Hall–Kier alpha value is -1.75. The number of benzene rings is 3. The topological polar surface area (TPSA) is 18.5 Å². The predicted octanol–water partition coefficient (Wildman–Crippen LogP) is 7.73. The van der Waals surface area contributed by atoms with E-state index in [-0.39, 0.29) is 53.0 Å². The molecule has 44 heavy (non-hydrogen) atoms. The third-order valence-electron chi connectivity index (χ3n) is 8.15. The average Bonchev–Trinajstić information content (AvgIpc) is 3.00. The van der Waals surface area contributed by atoms with Crippen LogP contribution in [0.15, 0.2) is 72.8 Å². The van der Waals surface area contributed by atoms with Gasteiger partial charge in [0.25, 0.3) is 0 Å². The number of allylic oxidation sites excluding steroid dienone is 1. The second kappa shape index (κ2) is 20.4. The molecule has 3 aromatic carbocycles. The zero-order valence-electron chi connectivity index (χ0n) is 26.9. The minimum Gasteiger partial charge on any atom is -1.00 e. The molecular weight excluding hydrogens is 673 g/mol. The largest absolute Gasteiger partial charge is 1.00 e. The van der Waals surface area contributed by atoms with Gasteiger partial charge in [-0.05, 0) is 87.7 Å². The maximum atomic E-state index is 6.37. The molecule has 5 rings (SSSR count). The third kappa shape index (κ3) is 11.2. The summed E-state index contributed by atoms with van der Waals surface area (Å²) in [6.07, 6.45) is 18.6. The normalized spacial score (nSPS) is 15.4. The van der Waals surface area contributed by atoms with E-state index in [1.807, 2.05) is 30.3 Å². The molecule has 5 heteroatoms. The molecule has 0 aliphatic heterocycles. The van der Waals surface area contributed by atoms with Crippen molar-refractivity contribution in [3.8, 4) is 22.6 Å². The third-order valence-corrected chi connectivity index (χ3v) is 11.7. The summed E-state index contributed by atoms with van der Waals surface area (Å²) in [6.45, 7) is 13.5. The Bertz CT molecular complexity index is 1170. The number of hydrogen-bond donors (Lipinski definition) is 0. The number of hydrogen-bond acceptors (Lipinski definition) is 2. The van der Waals surface area contributed by atoms with Gasteiger partial charge in [0.2, 0.25) is 0 Å². The monoisotopic (exact) mass is 722 g/mol. The van der Waals surface area contributed by atoms with E-state index in [1.165, 1.54) is 69.8 Å². The standard InChI is InChI=1S/C30H43O2P.C9H7.ClH.Pd/c1-22(2)31-27-19-13-20-28(32-23(3)4)30(27)26-18-11-12-21-29(26)33(24-14-7-5-8-15-24)25-16-9-6-10-17-25;1-2-6-9-7-4-3-5-8-9;;/h11-13,18-25H,5-10,14-17H2,1-4H3;1,3-8H;1H;/q;-3;;/p-1. The molecule has 0 spiro atoms. The van der Waals surface area contributed by atoms with Crippen LogP contribution in [0.1, 0.15) is 97.5 Å². The molecule has 3 aromatic rings. The van der Waals surface area contributed by atoms with Gasteiger partial charge in [-0.3, -0.25) is 0 Å². The summed E-state index contributed by atoms with van der Waals surface area (Å²) < 4.78 is 12.7. The molecule has 2 fully saturated rings. The van der Waals surface area contributed by atoms with E-state index in [4.69, 9.17) is 16.1 Å². The van der Waals surface area contributed by atoms with E-state index in [0.717, 1.165) is 33.9 Å². The van der Waals surface area contributed by atoms with E-state index in [9.17, 15) is 0 Å². The van der Waals surface area contributed by atoms with Gasteiger partial charge < -0.3 is 46.5 Å². The summed E-state index contributed by atoms with van der Waals surface area (Å²) in [7, 11) is -0.213. The number of halogens is 1. The Morgan fingerprint density at radius 1 is 0.682 bits per heavy atom. The molecular formula is C39H50ClO2PPd-4. The quantitative estimate of drug-likeness (QED) is 0.121. The van der Waals surface area contributed by atoms with Gasteiger partial charge in [-0.25, -0.2) is 0 Å². The fraction of sp³-hybridized carbons (Fsp3) is 0.462. The summed E-state index contributed by atoms with van der Waals surface area (Å²) in [4.78, 5) is 0. The first-order valence-electron chi connectivity index (χ1n) is 16.2. The molecule has 0 heterocycles. The maximum absolute atomic E-state index is 6.37. The minimum absolute atomic E-state index is 0. The van der Waals surface area contributed by atoms with Gasteiger partial charge in [0.1, 0.15) is 11.5 Å². The van der Waals surface area contributed by atoms with E-state index >= 15 is 0 Å². The van der Waals surface area contributed by atoms with Gasteiger partial charge in [0, 0.05) is 20.4 Å². The van der Waals surface area contributed by atoms with Crippen LogP contribution >= 0.6 is 7.92 Å². The second-order valence-corrected chi connectivity index (χ2v) is 14.9. The van der Waals surface area contributed by atoms with Crippen molar-refractivity contribution in [3.63, 3.8) is 0 Å². The van der Waals surface area contributed by atoms with Crippen LogP contribution in [0, 0.1) is 19.1 Å². The van der Waals surface area contributed by atoms with Crippen LogP contribution in [0.3, 0.4) is 0 Å². The summed E-state index contributed by atoms with van der Waals surface area (Å²) in [6, 6.07) is 25.4. The molecule has 2 saturated carbocycles. The molecule has 0 N–H and O–H groups in total. The molecule has 244 valence electrons. The van der Waals surface area contributed by atoms with Crippen LogP contribution in [0.5, 0.6) is 11.5 Å². The Morgan fingerprint density at radius 2 is 1.16 bits per heavy atom. The molecule has 0 amide bonds. The van der Waals surface area contributed by atoms with E-state index in [2.05, 4.69) is 76.2 Å². The van der Waals surface area contributed by atoms with Gasteiger partial charge in [-0.15, -0.1) is 0 Å². The summed E-state index contributed by atoms with van der Waals surface area (Å²) in [5, 5.41) is 1.60. The zero-order chi connectivity index (χ0) is 29.7.